The predicted molar refractivity (Wildman–Crippen MR) is 79.9 cm³/mol. The largest absolute Gasteiger partial charge is 0.416 e. The Morgan fingerprint density at radius 3 is 2.22 bits per heavy atom. The van der Waals surface area contributed by atoms with E-state index in [9.17, 15) is 22.8 Å². The molecule has 0 aliphatic carbocycles. The van der Waals surface area contributed by atoms with Gasteiger partial charge in [-0.1, -0.05) is 6.92 Å². The second-order valence-electron chi connectivity index (χ2n) is 4.86. The molecule has 1 aromatic rings. The summed E-state index contributed by atoms with van der Waals surface area (Å²) in [6.45, 7) is 3.73. The first-order valence-corrected chi connectivity index (χ1v) is 7.27. The fraction of sp³-hybridized carbons (Fsp3) is 0.467. The van der Waals surface area contributed by atoms with Crippen molar-refractivity contribution in [2.75, 3.05) is 26.2 Å². The Kier molecular flexibility index (Phi) is 7.53. The second-order valence-corrected chi connectivity index (χ2v) is 4.86. The molecule has 5 nitrogen and oxygen atoms in total. The van der Waals surface area contributed by atoms with E-state index in [1.807, 2.05) is 6.92 Å². The topological polar surface area (TPSA) is 70.2 Å². The highest BCUT2D eigenvalue weighted by atomic mass is 19.4. The average molecular weight is 331 g/mol. The van der Waals surface area contributed by atoms with Gasteiger partial charge in [0.2, 0.25) is 5.91 Å². The summed E-state index contributed by atoms with van der Waals surface area (Å²) >= 11 is 0. The van der Waals surface area contributed by atoms with E-state index < -0.39 is 17.6 Å². The SMILES string of the molecule is CCCNCCNC(=O)CNC(=O)c1ccc(C(F)(F)F)cc1. The number of carbonyl (C=O) groups excluding carboxylic acids is 2. The monoisotopic (exact) mass is 331 g/mol. The van der Waals surface area contributed by atoms with E-state index in [-0.39, 0.29) is 18.0 Å². The minimum absolute atomic E-state index is 0.0652. The molecule has 0 atom stereocenters. The van der Waals surface area contributed by atoms with Crippen LogP contribution in [0.15, 0.2) is 24.3 Å². The third-order valence-corrected chi connectivity index (χ3v) is 2.93. The normalized spacial score (nSPS) is 11.1. The van der Waals surface area contributed by atoms with Gasteiger partial charge in [0, 0.05) is 18.7 Å². The summed E-state index contributed by atoms with van der Waals surface area (Å²) in [5.41, 5.74) is -0.762. The van der Waals surface area contributed by atoms with Gasteiger partial charge < -0.3 is 16.0 Å². The van der Waals surface area contributed by atoms with E-state index in [1.165, 1.54) is 0 Å². The second kappa shape index (κ2) is 9.14. The van der Waals surface area contributed by atoms with Crippen molar-refractivity contribution >= 4 is 11.8 Å². The summed E-state index contributed by atoms with van der Waals surface area (Å²) in [7, 11) is 0. The Morgan fingerprint density at radius 1 is 1.00 bits per heavy atom. The molecular formula is C15H20F3N3O2. The van der Waals surface area contributed by atoms with E-state index in [4.69, 9.17) is 0 Å². The van der Waals surface area contributed by atoms with Crippen molar-refractivity contribution in [2.24, 2.45) is 0 Å². The quantitative estimate of drug-likeness (QED) is 0.633. The summed E-state index contributed by atoms with van der Waals surface area (Å²) in [4.78, 5) is 23.2. The van der Waals surface area contributed by atoms with Crippen molar-refractivity contribution in [2.45, 2.75) is 19.5 Å². The Bertz CT molecular complexity index is 516. The van der Waals surface area contributed by atoms with Gasteiger partial charge in [-0.3, -0.25) is 9.59 Å². The van der Waals surface area contributed by atoms with Crippen LogP contribution >= 0.6 is 0 Å². The van der Waals surface area contributed by atoms with Gasteiger partial charge in [0.25, 0.3) is 5.91 Å². The summed E-state index contributed by atoms with van der Waals surface area (Å²) in [6.07, 6.45) is -3.45. The van der Waals surface area contributed by atoms with Crippen molar-refractivity contribution in [1.29, 1.82) is 0 Å². The third kappa shape index (κ3) is 7.14. The zero-order chi connectivity index (χ0) is 17.3. The summed E-state index contributed by atoms with van der Waals surface area (Å²) in [5, 5.41) is 8.07. The lowest BCUT2D eigenvalue weighted by molar-refractivity contribution is -0.137. The molecule has 0 heterocycles. The number of hydrogen-bond acceptors (Lipinski definition) is 3. The molecule has 0 radical (unpaired) electrons. The zero-order valence-corrected chi connectivity index (χ0v) is 12.8. The Morgan fingerprint density at radius 2 is 1.65 bits per heavy atom. The Hall–Kier alpha value is -2.09. The molecule has 2 amide bonds. The Balaban J connectivity index is 2.34. The summed E-state index contributed by atoms with van der Waals surface area (Å²) < 4.78 is 37.2. The van der Waals surface area contributed by atoms with Crippen LogP contribution in [-0.4, -0.2) is 38.0 Å². The molecule has 1 rings (SSSR count). The zero-order valence-electron chi connectivity index (χ0n) is 12.8. The lowest BCUT2D eigenvalue weighted by Crippen LogP contribution is -2.39. The molecule has 0 bridgehead atoms. The van der Waals surface area contributed by atoms with E-state index in [0.29, 0.717) is 13.1 Å². The first-order valence-electron chi connectivity index (χ1n) is 7.27. The van der Waals surface area contributed by atoms with Crippen LogP contribution in [0.5, 0.6) is 0 Å². The minimum atomic E-state index is -4.44. The number of halogens is 3. The van der Waals surface area contributed by atoms with Crippen LogP contribution in [0, 0.1) is 0 Å². The Labute approximate surface area is 132 Å². The molecule has 8 heteroatoms. The number of benzene rings is 1. The average Bonchev–Trinajstić information content (AvgIpc) is 2.51. The summed E-state index contributed by atoms with van der Waals surface area (Å²) in [5.74, 6) is -0.957. The molecule has 3 N–H and O–H groups in total. The molecule has 1 aromatic carbocycles. The maximum atomic E-state index is 12.4. The fourth-order valence-electron chi connectivity index (χ4n) is 1.73. The first kappa shape index (κ1) is 19.0. The van der Waals surface area contributed by atoms with Crippen LogP contribution < -0.4 is 16.0 Å². The molecule has 23 heavy (non-hydrogen) atoms. The van der Waals surface area contributed by atoms with E-state index in [2.05, 4.69) is 16.0 Å². The van der Waals surface area contributed by atoms with Gasteiger partial charge in [-0.15, -0.1) is 0 Å². The molecule has 0 spiro atoms. The van der Waals surface area contributed by atoms with Gasteiger partial charge in [-0.2, -0.15) is 13.2 Å². The molecule has 0 aliphatic heterocycles. The van der Waals surface area contributed by atoms with Gasteiger partial charge in [-0.05, 0) is 37.2 Å². The molecule has 0 unspecified atom stereocenters. The molecule has 0 fully saturated rings. The van der Waals surface area contributed by atoms with Crippen molar-refractivity contribution < 1.29 is 22.8 Å². The molecule has 0 aliphatic rings. The van der Waals surface area contributed by atoms with Crippen molar-refractivity contribution in [3.63, 3.8) is 0 Å². The van der Waals surface area contributed by atoms with Crippen LogP contribution in [0.3, 0.4) is 0 Å². The maximum absolute atomic E-state index is 12.4. The molecule has 0 saturated heterocycles. The number of nitrogens with one attached hydrogen (secondary N) is 3. The number of hydrogen-bond donors (Lipinski definition) is 3. The lowest BCUT2D eigenvalue weighted by Gasteiger charge is -2.09. The highest BCUT2D eigenvalue weighted by Gasteiger charge is 2.30. The maximum Gasteiger partial charge on any atom is 0.416 e. The van der Waals surface area contributed by atoms with E-state index >= 15 is 0 Å². The van der Waals surface area contributed by atoms with Gasteiger partial charge in [0.1, 0.15) is 0 Å². The first-order chi connectivity index (χ1) is 10.8. The lowest BCUT2D eigenvalue weighted by atomic mass is 10.1. The highest BCUT2D eigenvalue weighted by Crippen LogP contribution is 2.28. The van der Waals surface area contributed by atoms with E-state index in [0.717, 1.165) is 37.2 Å². The smallest absolute Gasteiger partial charge is 0.353 e. The van der Waals surface area contributed by atoms with E-state index in [1.54, 1.807) is 0 Å². The standard InChI is InChI=1S/C15H20F3N3O2/c1-2-7-19-8-9-20-13(22)10-21-14(23)11-3-5-12(6-4-11)15(16,17)18/h3-6,19H,2,7-10H2,1H3,(H,20,22)(H,21,23). The van der Waals surface area contributed by atoms with Crippen molar-refractivity contribution in [3.8, 4) is 0 Å². The van der Waals surface area contributed by atoms with Gasteiger partial charge >= 0.3 is 6.18 Å². The number of carbonyl (C=O) groups is 2. The van der Waals surface area contributed by atoms with Gasteiger partial charge in [-0.25, -0.2) is 0 Å². The summed E-state index contributed by atoms with van der Waals surface area (Å²) in [6, 6.07) is 3.80. The van der Waals surface area contributed by atoms with Crippen LogP contribution in [-0.2, 0) is 11.0 Å². The van der Waals surface area contributed by atoms with Crippen LogP contribution in [0.2, 0.25) is 0 Å². The highest BCUT2D eigenvalue weighted by molar-refractivity contribution is 5.96. The number of alkyl halides is 3. The van der Waals surface area contributed by atoms with Crippen LogP contribution in [0.1, 0.15) is 29.3 Å². The number of amides is 2. The number of rotatable bonds is 8. The predicted octanol–water partition coefficient (Wildman–Crippen LogP) is 1.55. The van der Waals surface area contributed by atoms with Gasteiger partial charge in [0.15, 0.2) is 0 Å². The van der Waals surface area contributed by atoms with Gasteiger partial charge in [0.05, 0.1) is 12.1 Å². The fourth-order valence-corrected chi connectivity index (χ4v) is 1.73. The van der Waals surface area contributed by atoms with Crippen LogP contribution in [0.25, 0.3) is 0 Å². The molecule has 0 saturated carbocycles. The molecule has 128 valence electrons. The van der Waals surface area contributed by atoms with Crippen molar-refractivity contribution in [3.05, 3.63) is 35.4 Å². The molecule has 0 aromatic heterocycles. The molecular weight excluding hydrogens is 311 g/mol. The minimum Gasteiger partial charge on any atom is -0.353 e. The van der Waals surface area contributed by atoms with Crippen LogP contribution in [0.4, 0.5) is 13.2 Å². The third-order valence-electron chi connectivity index (χ3n) is 2.93. The van der Waals surface area contributed by atoms with Crippen molar-refractivity contribution in [1.82, 2.24) is 16.0 Å².